The van der Waals surface area contributed by atoms with E-state index in [0.717, 1.165) is 6.42 Å². The lowest BCUT2D eigenvalue weighted by Gasteiger charge is -2.23. The van der Waals surface area contributed by atoms with E-state index < -0.39 is 0 Å². The van der Waals surface area contributed by atoms with Crippen LogP contribution in [0.15, 0.2) is 0 Å². The summed E-state index contributed by atoms with van der Waals surface area (Å²) in [6.07, 6.45) is 3.37. The third kappa shape index (κ3) is 0.614. The van der Waals surface area contributed by atoms with E-state index in [4.69, 9.17) is 0 Å². The Labute approximate surface area is 102 Å². The van der Waals surface area contributed by atoms with Crippen molar-refractivity contribution in [1.29, 1.82) is 0 Å². The molecular weight excluding hydrogens is 268 g/mol. The summed E-state index contributed by atoms with van der Waals surface area (Å²) in [5.41, 5.74) is 0.453. The van der Waals surface area contributed by atoms with Crippen molar-refractivity contribution in [2.24, 2.45) is 40.9 Å². The van der Waals surface area contributed by atoms with E-state index in [1.165, 1.54) is 12.8 Å². The van der Waals surface area contributed by atoms with Crippen molar-refractivity contribution >= 4 is 27.5 Å². The van der Waals surface area contributed by atoms with Crippen LogP contribution in [0.1, 0.15) is 19.3 Å². The maximum atomic E-state index is 12.3. The maximum Gasteiger partial charge on any atom is 0.150 e. The molecule has 5 rings (SSSR count). The average Bonchev–Trinajstić information content (AvgIpc) is 2.81. The molecule has 2 nitrogen and oxygen atoms in total. The van der Waals surface area contributed by atoms with Gasteiger partial charge in [0, 0.05) is 18.3 Å². The highest BCUT2D eigenvalue weighted by molar-refractivity contribution is 9.10. The number of carbonyl (C=O) groups is 2. The molecule has 2 bridgehead atoms. The Morgan fingerprint density at radius 1 is 1.12 bits per heavy atom. The molecule has 0 heterocycles. The molecule has 0 saturated heterocycles. The fourth-order valence-corrected chi connectivity index (χ4v) is 7.20. The van der Waals surface area contributed by atoms with Gasteiger partial charge < -0.3 is 0 Å². The van der Waals surface area contributed by atoms with Crippen LogP contribution in [0.5, 0.6) is 0 Å². The average molecular weight is 281 g/mol. The minimum absolute atomic E-state index is 0.0769. The first-order valence-electron chi connectivity index (χ1n) is 6.37. The lowest BCUT2D eigenvalue weighted by Crippen LogP contribution is -2.26. The number of ketones is 2. The first-order valence-corrected chi connectivity index (χ1v) is 7.29. The predicted octanol–water partition coefficient (Wildman–Crippen LogP) is 1.81. The van der Waals surface area contributed by atoms with E-state index in [-0.39, 0.29) is 16.7 Å². The van der Waals surface area contributed by atoms with Crippen molar-refractivity contribution in [2.75, 3.05) is 0 Å². The van der Waals surface area contributed by atoms with Crippen molar-refractivity contribution < 1.29 is 9.59 Å². The van der Waals surface area contributed by atoms with Gasteiger partial charge in [-0.1, -0.05) is 15.9 Å². The fourth-order valence-electron chi connectivity index (χ4n) is 6.17. The molecule has 5 aliphatic rings. The second-order valence-electron chi connectivity index (χ2n) is 6.55. The quantitative estimate of drug-likeness (QED) is 0.635. The smallest absolute Gasteiger partial charge is 0.150 e. The number of Topliss-reactive ketones (excluding diaryl/α,β-unsaturated/α-hetero) is 2. The van der Waals surface area contributed by atoms with E-state index in [0.29, 0.717) is 40.7 Å². The van der Waals surface area contributed by atoms with E-state index in [1.807, 2.05) is 0 Å². The molecular formula is C13H13BrO2. The minimum atomic E-state index is 0.0769. The first-order chi connectivity index (χ1) is 7.67. The third-order valence-electron chi connectivity index (χ3n) is 6.43. The van der Waals surface area contributed by atoms with Crippen molar-refractivity contribution in [3.05, 3.63) is 0 Å². The second kappa shape index (κ2) is 2.21. The zero-order chi connectivity index (χ0) is 10.8. The topological polar surface area (TPSA) is 34.1 Å². The Balaban J connectivity index is 1.80. The van der Waals surface area contributed by atoms with Crippen LogP contribution in [-0.4, -0.2) is 16.4 Å². The Hall–Kier alpha value is -0.180. The van der Waals surface area contributed by atoms with Crippen LogP contribution in [0.2, 0.25) is 0 Å². The summed E-state index contributed by atoms with van der Waals surface area (Å²) in [7, 11) is 0. The number of carbonyl (C=O) groups excluding carboxylic acids is 2. The van der Waals surface area contributed by atoms with Gasteiger partial charge in [0.1, 0.15) is 5.78 Å². The summed E-state index contributed by atoms with van der Waals surface area (Å²) in [6, 6.07) is 0. The van der Waals surface area contributed by atoms with Gasteiger partial charge in [-0.25, -0.2) is 0 Å². The summed E-state index contributed by atoms with van der Waals surface area (Å²) < 4.78 is 0. The number of fused-ring (bicyclic) bond motifs is 2. The highest BCUT2D eigenvalue weighted by Crippen LogP contribution is 2.83. The molecule has 5 fully saturated rings. The van der Waals surface area contributed by atoms with Crippen LogP contribution in [0, 0.1) is 40.9 Å². The lowest BCUT2D eigenvalue weighted by atomic mass is 9.79. The molecule has 7 unspecified atom stereocenters. The molecule has 0 aromatic carbocycles. The Kier molecular flexibility index (Phi) is 1.22. The number of halogens is 1. The van der Waals surface area contributed by atoms with Gasteiger partial charge >= 0.3 is 0 Å². The largest absolute Gasteiger partial charge is 0.299 e. The normalized spacial score (nSPS) is 62.7. The number of alkyl halides is 1. The lowest BCUT2D eigenvalue weighted by molar-refractivity contribution is -0.129. The van der Waals surface area contributed by atoms with Crippen LogP contribution < -0.4 is 0 Å². The molecule has 1 spiro atoms. The number of hydrogen-bond acceptors (Lipinski definition) is 2. The second-order valence-corrected chi connectivity index (χ2v) is 7.54. The molecule has 0 N–H and O–H groups in total. The van der Waals surface area contributed by atoms with Gasteiger partial charge in [-0.15, -0.1) is 0 Å². The molecule has 0 radical (unpaired) electrons. The predicted molar refractivity (Wildman–Crippen MR) is 60.0 cm³/mol. The monoisotopic (exact) mass is 280 g/mol. The molecule has 0 aromatic heterocycles. The van der Waals surface area contributed by atoms with Crippen molar-refractivity contribution in [2.45, 2.75) is 24.1 Å². The van der Waals surface area contributed by atoms with E-state index in [9.17, 15) is 9.59 Å². The summed E-state index contributed by atoms with van der Waals surface area (Å²) in [5.74, 6) is 3.29. The summed E-state index contributed by atoms with van der Waals surface area (Å²) in [6.45, 7) is 0. The molecule has 84 valence electrons. The first kappa shape index (κ1) is 8.84. The van der Waals surface area contributed by atoms with Gasteiger partial charge in [0.2, 0.25) is 0 Å². The van der Waals surface area contributed by atoms with Crippen molar-refractivity contribution in [3.63, 3.8) is 0 Å². The highest BCUT2D eigenvalue weighted by atomic mass is 79.9. The van der Waals surface area contributed by atoms with E-state index in [1.54, 1.807) is 0 Å². The Morgan fingerprint density at radius 2 is 1.88 bits per heavy atom. The fraction of sp³-hybridized carbons (Fsp3) is 0.846. The summed E-state index contributed by atoms with van der Waals surface area (Å²) in [5, 5.41) is 0. The van der Waals surface area contributed by atoms with Crippen molar-refractivity contribution in [1.82, 2.24) is 0 Å². The zero-order valence-corrected chi connectivity index (χ0v) is 10.4. The number of rotatable bonds is 0. The van der Waals surface area contributed by atoms with Gasteiger partial charge in [0.05, 0.1) is 4.83 Å². The SMILES string of the molecule is O=C1CC2C3C(Br)C(=O)C4C1C2C1(CC1)C43. The van der Waals surface area contributed by atoms with Crippen molar-refractivity contribution in [3.8, 4) is 0 Å². The molecule has 5 saturated carbocycles. The van der Waals surface area contributed by atoms with E-state index >= 15 is 0 Å². The highest BCUT2D eigenvalue weighted by Gasteiger charge is 2.83. The van der Waals surface area contributed by atoms with Gasteiger partial charge in [0.15, 0.2) is 5.78 Å². The summed E-state index contributed by atoms with van der Waals surface area (Å²) >= 11 is 3.62. The number of hydrogen-bond donors (Lipinski definition) is 0. The summed E-state index contributed by atoms with van der Waals surface area (Å²) in [4.78, 5) is 24.4. The van der Waals surface area contributed by atoms with Gasteiger partial charge in [-0.05, 0) is 41.9 Å². The van der Waals surface area contributed by atoms with Gasteiger partial charge in [0.25, 0.3) is 0 Å². The third-order valence-corrected chi connectivity index (χ3v) is 7.49. The van der Waals surface area contributed by atoms with Crippen LogP contribution in [0.3, 0.4) is 0 Å². The molecule has 5 aliphatic carbocycles. The molecule has 0 aliphatic heterocycles. The van der Waals surface area contributed by atoms with Crippen LogP contribution in [0.4, 0.5) is 0 Å². The molecule has 0 amide bonds. The Morgan fingerprint density at radius 3 is 2.56 bits per heavy atom. The van der Waals surface area contributed by atoms with Gasteiger partial charge in [-0.2, -0.15) is 0 Å². The molecule has 7 atom stereocenters. The van der Waals surface area contributed by atoms with E-state index in [2.05, 4.69) is 15.9 Å². The van der Waals surface area contributed by atoms with Crippen LogP contribution in [0.25, 0.3) is 0 Å². The zero-order valence-electron chi connectivity index (χ0n) is 8.86. The standard InChI is InChI=1S/C13H13BrO2/c14-11-6-4-3-5(15)7-8(12(11)16)10(6)13(1-2-13)9(4)7/h4,6-11H,1-3H2. The molecule has 3 heteroatoms. The van der Waals surface area contributed by atoms with Crippen LogP contribution in [-0.2, 0) is 9.59 Å². The molecule has 16 heavy (non-hydrogen) atoms. The maximum absolute atomic E-state index is 12.3. The van der Waals surface area contributed by atoms with Gasteiger partial charge in [-0.3, -0.25) is 9.59 Å². The van der Waals surface area contributed by atoms with Crippen LogP contribution >= 0.6 is 15.9 Å². The Bertz CT molecular complexity index is 453. The molecule has 0 aromatic rings. The minimum Gasteiger partial charge on any atom is -0.299 e.